The molecule has 1 atom stereocenters. The first kappa shape index (κ1) is 19.4. The van der Waals surface area contributed by atoms with Gasteiger partial charge in [0.05, 0.1) is 11.9 Å². The number of nitrogens with zero attached hydrogens (tertiary/aromatic N) is 7. The van der Waals surface area contributed by atoms with E-state index in [-0.39, 0.29) is 6.01 Å². The molecule has 9 heteroatoms. The summed E-state index contributed by atoms with van der Waals surface area (Å²) in [5.41, 5.74) is 10.2. The first-order valence-corrected chi connectivity index (χ1v) is 11.0. The van der Waals surface area contributed by atoms with Gasteiger partial charge in [-0.25, -0.2) is 15.0 Å². The van der Waals surface area contributed by atoms with Crippen LogP contribution in [0, 0.1) is 0 Å². The minimum atomic E-state index is 0.165. The molecule has 0 saturated carbocycles. The summed E-state index contributed by atoms with van der Waals surface area (Å²) in [7, 11) is 2.21. The Bertz CT molecular complexity index is 1300. The molecule has 0 spiro atoms. The van der Waals surface area contributed by atoms with Crippen LogP contribution in [0.3, 0.4) is 0 Å². The van der Waals surface area contributed by atoms with Gasteiger partial charge in [0.25, 0.3) is 6.01 Å². The normalized spacial score (nSPS) is 20.8. The van der Waals surface area contributed by atoms with Crippen LogP contribution >= 0.6 is 0 Å². The van der Waals surface area contributed by atoms with E-state index in [9.17, 15) is 0 Å². The van der Waals surface area contributed by atoms with Crippen molar-refractivity contribution >= 4 is 34.1 Å². The van der Waals surface area contributed by atoms with E-state index >= 15 is 0 Å². The third-order valence-corrected chi connectivity index (χ3v) is 6.79. The molecule has 6 rings (SSSR count). The number of anilines is 2. The van der Waals surface area contributed by atoms with Gasteiger partial charge in [0.2, 0.25) is 0 Å². The largest absolute Gasteiger partial charge is 0.424 e. The predicted octanol–water partition coefficient (Wildman–Crippen LogP) is 2.24. The van der Waals surface area contributed by atoms with Gasteiger partial charge in [-0.05, 0) is 44.3 Å². The molecule has 3 aromatic heterocycles. The molecule has 2 saturated heterocycles. The topological polar surface area (TPSA) is 100 Å². The third-order valence-electron chi connectivity index (χ3n) is 6.79. The zero-order valence-corrected chi connectivity index (χ0v) is 18.3. The van der Waals surface area contributed by atoms with Crippen molar-refractivity contribution < 1.29 is 4.42 Å². The van der Waals surface area contributed by atoms with E-state index in [1.165, 1.54) is 0 Å². The van der Waals surface area contributed by atoms with E-state index in [0.717, 1.165) is 55.3 Å². The molecule has 5 heterocycles. The molecule has 0 bridgehead atoms. The van der Waals surface area contributed by atoms with Gasteiger partial charge in [-0.3, -0.25) is 4.90 Å². The molecule has 0 radical (unpaired) electrons. The lowest BCUT2D eigenvalue weighted by molar-refractivity contribution is 0.0610. The number of nitrogen functional groups attached to an aromatic ring is 1. The Morgan fingerprint density at radius 3 is 2.72 bits per heavy atom. The summed E-state index contributed by atoms with van der Waals surface area (Å²) in [6, 6.07) is 11.0. The molecule has 1 aromatic carbocycles. The highest BCUT2D eigenvalue weighted by molar-refractivity contribution is 5.82. The van der Waals surface area contributed by atoms with Crippen molar-refractivity contribution in [1.82, 2.24) is 29.7 Å². The molecule has 164 valence electrons. The van der Waals surface area contributed by atoms with Gasteiger partial charge >= 0.3 is 0 Å². The maximum atomic E-state index is 5.67. The Hall–Kier alpha value is -3.30. The molecule has 2 aliphatic heterocycles. The number of likely N-dealkylation sites (N-methyl/N-ethyl adjacent to an activating group) is 1. The Morgan fingerprint density at radius 2 is 1.88 bits per heavy atom. The highest BCUT2D eigenvalue weighted by atomic mass is 16.4. The van der Waals surface area contributed by atoms with Crippen molar-refractivity contribution in [3.8, 4) is 11.3 Å². The number of nitrogens with two attached hydrogens (primary N) is 1. The minimum absolute atomic E-state index is 0.165. The van der Waals surface area contributed by atoms with E-state index in [0.29, 0.717) is 28.8 Å². The van der Waals surface area contributed by atoms with Crippen molar-refractivity contribution in [3.63, 3.8) is 0 Å². The highest BCUT2D eigenvalue weighted by Crippen LogP contribution is 2.27. The average molecular weight is 431 g/mol. The number of aromatic nitrogens is 4. The van der Waals surface area contributed by atoms with E-state index < -0.39 is 0 Å². The summed E-state index contributed by atoms with van der Waals surface area (Å²) < 4.78 is 5.37. The second-order valence-electron chi connectivity index (χ2n) is 8.89. The quantitative estimate of drug-likeness (QED) is 0.524. The van der Waals surface area contributed by atoms with Crippen LogP contribution in [-0.2, 0) is 0 Å². The molecule has 9 nitrogen and oxygen atoms in total. The summed E-state index contributed by atoms with van der Waals surface area (Å²) in [6.07, 6.45) is 1.86. The second kappa shape index (κ2) is 7.39. The van der Waals surface area contributed by atoms with E-state index in [4.69, 9.17) is 20.1 Å². The molecule has 0 aliphatic carbocycles. The van der Waals surface area contributed by atoms with E-state index in [2.05, 4.69) is 38.6 Å². The first-order chi connectivity index (χ1) is 15.5. The van der Waals surface area contributed by atoms with Crippen LogP contribution in [0.1, 0.15) is 6.92 Å². The van der Waals surface area contributed by atoms with Crippen LogP contribution in [0.5, 0.6) is 0 Å². The monoisotopic (exact) mass is 430 g/mol. The lowest BCUT2D eigenvalue weighted by atomic mass is 10.0. The first-order valence-electron chi connectivity index (χ1n) is 11.0. The Labute approximate surface area is 185 Å². The minimum Gasteiger partial charge on any atom is -0.424 e. The van der Waals surface area contributed by atoms with E-state index in [1.807, 2.05) is 36.5 Å². The van der Waals surface area contributed by atoms with Gasteiger partial charge in [-0.2, -0.15) is 4.98 Å². The second-order valence-corrected chi connectivity index (χ2v) is 8.89. The molecular formula is C23H26N8O. The number of hydrogen-bond donors (Lipinski definition) is 1. The van der Waals surface area contributed by atoms with Crippen molar-refractivity contribution in [3.05, 3.63) is 36.5 Å². The molecule has 4 aromatic rings. The molecule has 2 aliphatic rings. The zero-order valence-electron chi connectivity index (χ0n) is 18.3. The van der Waals surface area contributed by atoms with Gasteiger partial charge in [-0.1, -0.05) is 0 Å². The Morgan fingerprint density at radius 1 is 1.00 bits per heavy atom. The van der Waals surface area contributed by atoms with Gasteiger partial charge in [0.15, 0.2) is 11.2 Å². The SMILES string of the molecule is CC1CN(C2CN(c3cnc4ccc(-c5ccc6oc(N)nc6c5)nc4n3)C2)CCN1C. The predicted molar refractivity (Wildman–Crippen MR) is 124 cm³/mol. The number of fused-ring (bicyclic) bond motifs is 2. The summed E-state index contributed by atoms with van der Waals surface area (Å²) in [6.45, 7) is 7.67. The van der Waals surface area contributed by atoms with Crippen molar-refractivity contribution in [2.45, 2.75) is 19.0 Å². The van der Waals surface area contributed by atoms with Crippen molar-refractivity contribution in [2.24, 2.45) is 0 Å². The Balaban J connectivity index is 1.22. The fraction of sp³-hybridized carbons (Fsp3) is 0.391. The lowest BCUT2D eigenvalue weighted by Crippen LogP contribution is -2.64. The lowest BCUT2D eigenvalue weighted by Gasteiger charge is -2.49. The van der Waals surface area contributed by atoms with Gasteiger partial charge < -0.3 is 20.0 Å². The smallest absolute Gasteiger partial charge is 0.292 e. The molecule has 0 amide bonds. The van der Waals surface area contributed by atoms with Crippen LogP contribution in [0.25, 0.3) is 33.5 Å². The summed E-state index contributed by atoms with van der Waals surface area (Å²) >= 11 is 0. The zero-order chi connectivity index (χ0) is 21.8. The molecule has 1 unspecified atom stereocenters. The van der Waals surface area contributed by atoms with Crippen molar-refractivity contribution in [1.29, 1.82) is 0 Å². The highest BCUT2D eigenvalue weighted by Gasteiger charge is 2.35. The summed E-state index contributed by atoms with van der Waals surface area (Å²) in [5, 5.41) is 0. The Kier molecular flexibility index (Phi) is 4.48. The van der Waals surface area contributed by atoms with Crippen LogP contribution in [-0.4, -0.2) is 81.6 Å². The average Bonchev–Trinajstić information content (AvgIpc) is 3.14. The number of benzene rings is 1. The summed E-state index contributed by atoms with van der Waals surface area (Å²) in [5.74, 6) is 0.889. The molecule has 2 fully saturated rings. The maximum absolute atomic E-state index is 5.67. The standard InChI is InChI=1S/C23H26N8O/c1-14-11-30(8-7-29(14)2)16-12-31(13-16)21-10-25-18-5-4-17(26-22(18)28-21)15-3-6-20-19(9-15)27-23(24)32-20/h3-6,9-10,14,16H,7-8,11-13H2,1-2H3,(H2,24,27). The molecular weight excluding hydrogens is 404 g/mol. The summed E-state index contributed by atoms with van der Waals surface area (Å²) in [4.78, 5) is 25.8. The van der Waals surface area contributed by atoms with Gasteiger partial charge in [0.1, 0.15) is 16.9 Å². The fourth-order valence-corrected chi connectivity index (χ4v) is 4.59. The van der Waals surface area contributed by atoms with Crippen LogP contribution in [0.4, 0.5) is 11.8 Å². The molecule has 2 N–H and O–H groups in total. The number of hydrogen-bond acceptors (Lipinski definition) is 9. The number of oxazole rings is 1. The van der Waals surface area contributed by atoms with Crippen molar-refractivity contribution in [2.75, 3.05) is 50.4 Å². The van der Waals surface area contributed by atoms with Crippen LogP contribution in [0.15, 0.2) is 40.9 Å². The number of pyridine rings is 1. The van der Waals surface area contributed by atoms with Gasteiger partial charge in [0, 0.05) is 50.4 Å². The van der Waals surface area contributed by atoms with Gasteiger partial charge in [-0.15, -0.1) is 0 Å². The number of piperazine rings is 1. The third kappa shape index (κ3) is 3.34. The van der Waals surface area contributed by atoms with E-state index in [1.54, 1.807) is 0 Å². The fourth-order valence-electron chi connectivity index (χ4n) is 4.59. The maximum Gasteiger partial charge on any atom is 0.292 e. The molecule has 32 heavy (non-hydrogen) atoms. The number of rotatable bonds is 3. The van der Waals surface area contributed by atoms with Crippen LogP contribution in [0.2, 0.25) is 0 Å². The van der Waals surface area contributed by atoms with Crippen LogP contribution < -0.4 is 10.6 Å².